The fourth-order valence-corrected chi connectivity index (χ4v) is 2.85. The lowest BCUT2D eigenvalue weighted by molar-refractivity contribution is -0.131. The number of rotatable bonds is 6. The topological polar surface area (TPSA) is 92.5 Å². The molecule has 2 atom stereocenters. The van der Waals surface area contributed by atoms with Crippen LogP contribution in [0.2, 0.25) is 0 Å². The molecule has 24 heavy (non-hydrogen) atoms. The summed E-state index contributed by atoms with van der Waals surface area (Å²) in [6.45, 7) is 6.50. The molecule has 0 radical (unpaired) electrons. The van der Waals surface area contributed by atoms with E-state index in [4.69, 9.17) is 5.73 Å². The molecule has 3 N–H and O–H groups in total. The molecule has 1 aromatic carbocycles. The van der Waals surface area contributed by atoms with Gasteiger partial charge in [-0.15, -0.1) is 0 Å². The van der Waals surface area contributed by atoms with Crippen LogP contribution in [0, 0.1) is 18.8 Å². The quantitative estimate of drug-likeness (QED) is 0.813. The van der Waals surface area contributed by atoms with Gasteiger partial charge in [0.2, 0.25) is 17.7 Å². The molecule has 130 valence electrons. The van der Waals surface area contributed by atoms with E-state index in [1.165, 1.54) is 0 Å². The number of nitrogens with zero attached hydrogens (tertiary/aromatic N) is 1. The highest BCUT2D eigenvalue weighted by Crippen LogP contribution is 2.21. The number of aryl methyl sites for hydroxylation is 1. The summed E-state index contributed by atoms with van der Waals surface area (Å²) in [6, 6.07) is 7.26. The number of amides is 3. The third-order valence-electron chi connectivity index (χ3n) is 4.35. The van der Waals surface area contributed by atoms with E-state index < -0.39 is 17.9 Å². The third-order valence-corrected chi connectivity index (χ3v) is 4.35. The maximum absolute atomic E-state index is 12.4. The first kappa shape index (κ1) is 18.0. The van der Waals surface area contributed by atoms with Crippen molar-refractivity contribution in [2.75, 3.05) is 6.54 Å². The van der Waals surface area contributed by atoms with Gasteiger partial charge in [0.15, 0.2) is 0 Å². The fourth-order valence-electron chi connectivity index (χ4n) is 2.85. The zero-order valence-corrected chi connectivity index (χ0v) is 14.4. The monoisotopic (exact) mass is 331 g/mol. The van der Waals surface area contributed by atoms with Gasteiger partial charge in [0.25, 0.3) is 0 Å². The molecule has 3 amide bonds. The molecule has 0 unspecified atom stereocenters. The predicted octanol–water partition coefficient (Wildman–Crippen LogP) is 0.970. The Balaban J connectivity index is 1.97. The Morgan fingerprint density at radius 2 is 1.92 bits per heavy atom. The molecule has 1 fully saturated rings. The normalized spacial score (nSPS) is 18.8. The zero-order chi connectivity index (χ0) is 17.9. The van der Waals surface area contributed by atoms with Gasteiger partial charge >= 0.3 is 0 Å². The Hall–Kier alpha value is -2.37. The molecule has 6 heteroatoms. The minimum Gasteiger partial charge on any atom is -0.368 e. The van der Waals surface area contributed by atoms with Crippen molar-refractivity contribution in [3.05, 3.63) is 35.4 Å². The fraction of sp³-hybridized carbons (Fsp3) is 0.500. The van der Waals surface area contributed by atoms with Crippen LogP contribution in [-0.4, -0.2) is 35.2 Å². The zero-order valence-electron chi connectivity index (χ0n) is 14.4. The van der Waals surface area contributed by atoms with Crippen molar-refractivity contribution >= 4 is 17.7 Å². The molecule has 2 rings (SSSR count). The van der Waals surface area contributed by atoms with Gasteiger partial charge in [0.05, 0.1) is 5.92 Å². The third kappa shape index (κ3) is 4.34. The molecule has 1 saturated heterocycles. The van der Waals surface area contributed by atoms with Gasteiger partial charge < -0.3 is 16.0 Å². The van der Waals surface area contributed by atoms with E-state index in [-0.39, 0.29) is 24.2 Å². The van der Waals surface area contributed by atoms with Crippen molar-refractivity contribution in [2.45, 2.75) is 39.8 Å². The Morgan fingerprint density at radius 1 is 1.29 bits per heavy atom. The number of hydrogen-bond donors (Lipinski definition) is 2. The predicted molar refractivity (Wildman–Crippen MR) is 90.7 cm³/mol. The highest BCUT2D eigenvalue weighted by Gasteiger charge is 2.36. The second-order valence-corrected chi connectivity index (χ2v) is 6.79. The van der Waals surface area contributed by atoms with Crippen LogP contribution in [-0.2, 0) is 20.9 Å². The van der Waals surface area contributed by atoms with Gasteiger partial charge in [-0.2, -0.15) is 0 Å². The van der Waals surface area contributed by atoms with Crippen LogP contribution in [0.5, 0.6) is 0 Å². The largest absolute Gasteiger partial charge is 0.368 e. The molecule has 0 aliphatic carbocycles. The Bertz CT molecular complexity index is 625. The van der Waals surface area contributed by atoms with Crippen LogP contribution < -0.4 is 11.1 Å². The average molecular weight is 331 g/mol. The van der Waals surface area contributed by atoms with Gasteiger partial charge in [-0.1, -0.05) is 43.7 Å². The van der Waals surface area contributed by atoms with E-state index in [1.54, 1.807) is 4.90 Å². The first-order valence-electron chi connectivity index (χ1n) is 8.21. The number of primary amides is 1. The van der Waals surface area contributed by atoms with E-state index >= 15 is 0 Å². The molecule has 0 spiro atoms. The van der Waals surface area contributed by atoms with E-state index in [9.17, 15) is 14.4 Å². The molecule has 1 aromatic rings. The average Bonchev–Trinajstić information content (AvgIpc) is 2.87. The highest BCUT2D eigenvalue weighted by molar-refractivity contribution is 5.92. The van der Waals surface area contributed by atoms with Crippen molar-refractivity contribution in [1.82, 2.24) is 10.2 Å². The molecule has 6 nitrogen and oxygen atoms in total. The summed E-state index contributed by atoms with van der Waals surface area (Å²) in [5.74, 6) is -1.42. The van der Waals surface area contributed by atoms with Gasteiger partial charge in [0.1, 0.15) is 6.04 Å². The Morgan fingerprint density at radius 3 is 2.46 bits per heavy atom. The van der Waals surface area contributed by atoms with Crippen molar-refractivity contribution in [2.24, 2.45) is 17.6 Å². The van der Waals surface area contributed by atoms with Crippen LogP contribution >= 0.6 is 0 Å². The molecular weight excluding hydrogens is 306 g/mol. The molecule has 1 aliphatic heterocycles. The Labute approximate surface area is 142 Å². The van der Waals surface area contributed by atoms with E-state index in [2.05, 4.69) is 5.32 Å². The van der Waals surface area contributed by atoms with Crippen LogP contribution in [0.4, 0.5) is 0 Å². The number of nitrogens with one attached hydrogen (secondary N) is 1. The minimum atomic E-state index is -0.709. The summed E-state index contributed by atoms with van der Waals surface area (Å²) in [7, 11) is 0. The molecule has 1 heterocycles. The summed E-state index contributed by atoms with van der Waals surface area (Å²) >= 11 is 0. The second kappa shape index (κ2) is 7.47. The SMILES string of the molecule is Cc1ccc(CN2C[C@@H](C(=O)N[C@@H](C(N)=O)C(C)C)CC2=O)cc1. The smallest absolute Gasteiger partial charge is 0.240 e. The van der Waals surface area contributed by atoms with E-state index in [1.807, 2.05) is 45.0 Å². The van der Waals surface area contributed by atoms with Gasteiger partial charge in [-0.3, -0.25) is 14.4 Å². The van der Waals surface area contributed by atoms with Crippen molar-refractivity contribution < 1.29 is 14.4 Å². The summed E-state index contributed by atoms with van der Waals surface area (Å²) in [5.41, 5.74) is 7.52. The lowest BCUT2D eigenvalue weighted by atomic mass is 10.0. The van der Waals surface area contributed by atoms with Crippen LogP contribution in [0.3, 0.4) is 0 Å². The number of hydrogen-bond acceptors (Lipinski definition) is 3. The minimum absolute atomic E-state index is 0.0455. The second-order valence-electron chi connectivity index (χ2n) is 6.79. The molecule has 0 saturated carbocycles. The maximum Gasteiger partial charge on any atom is 0.240 e. The maximum atomic E-state index is 12.4. The van der Waals surface area contributed by atoms with Crippen LogP contribution in [0.25, 0.3) is 0 Å². The molecule has 0 bridgehead atoms. The van der Waals surface area contributed by atoms with Gasteiger partial charge in [-0.05, 0) is 18.4 Å². The Kier molecular flexibility index (Phi) is 5.59. The van der Waals surface area contributed by atoms with E-state index in [0.29, 0.717) is 13.1 Å². The molecule has 0 aromatic heterocycles. The number of nitrogens with two attached hydrogens (primary N) is 1. The number of carbonyl (C=O) groups is 3. The van der Waals surface area contributed by atoms with Gasteiger partial charge in [0, 0.05) is 19.5 Å². The van der Waals surface area contributed by atoms with Crippen LogP contribution in [0.1, 0.15) is 31.4 Å². The molecular formula is C18H25N3O3. The summed E-state index contributed by atoms with van der Waals surface area (Å²) in [4.78, 5) is 37.6. The van der Waals surface area contributed by atoms with Crippen molar-refractivity contribution in [3.8, 4) is 0 Å². The number of benzene rings is 1. The first-order valence-corrected chi connectivity index (χ1v) is 8.21. The lowest BCUT2D eigenvalue weighted by Crippen LogP contribution is -2.49. The molecule has 1 aliphatic rings. The van der Waals surface area contributed by atoms with Crippen molar-refractivity contribution in [1.29, 1.82) is 0 Å². The summed E-state index contributed by atoms with van der Waals surface area (Å²) < 4.78 is 0. The standard InChI is InChI=1S/C18H25N3O3/c1-11(2)16(17(19)23)20-18(24)14-8-15(22)21(10-14)9-13-6-4-12(3)5-7-13/h4-7,11,14,16H,8-10H2,1-3H3,(H2,19,23)(H,20,24)/t14-,16+/m0/s1. The lowest BCUT2D eigenvalue weighted by Gasteiger charge is -2.21. The van der Waals surface area contributed by atoms with E-state index in [0.717, 1.165) is 11.1 Å². The van der Waals surface area contributed by atoms with Gasteiger partial charge in [-0.25, -0.2) is 0 Å². The van der Waals surface area contributed by atoms with Crippen LogP contribution in [0.15, 0.2) is 24.3 Å². The first-order chi connectivity index (χ1) is 11.3. The summed E-state index contributed by atoms with van der Waals surface area (Å²) in [6.07, 6.45) is 0.168. The summed E-state index contributed by atoms with van der Waals surface area (Å²) in [5, 5.41) is 2.68. The highest BCUT2D eigenvalue weighted by atomic mass is 16.2. The number of carbonyl (C=O) groups excluding carboxylic acids is 3. The number of likely N-dealkylation sites (tertiary alicyclic amines) is 1. The van der Waals surface area contributed by atoms with Crippen molar-refractivity contribution in [3.63, 3.8) is 0 Å².